The van der Waals surface area contributed by atoms with Gasteiger partial charge in [0.25, 0.3) is 0 Å². The molecule has 2 aromatic carbocycles. The van der Waals surface area contributed by atoms with Crippen molar-refractivity contribution in [1.29, 1.82) is 0 Å². The SMILES string of the molecule is O=C(NCc1ccc(C(=O)O)cc1)C(=O)NCc1ccc(C(=O)O)cc1. The third kappa shape index (κ3) is 5.17. The number of aromatic carboxylic acids is 2. The summed E-state index contributed by atoms with van der Waals surface area (Å²) in [6.07, 6.45) is 0. The first-order valence-electron chi connectivity index (χ1n) is 7.57. The van der Waals surface area contributed by atoms with Gasteiger partial charge in [0.15, 0.2) is 0 Å². The summed E-state index contributed by atoms with van der Waals surface area (Å²) >= 11 is 0. The molecule has 4 N–H and O–H groups in total. The number of amides is 2. The fourth-order valence-electron chi connectivity index (χ4n) is 2.06. The van der Waals surface area contributed by atoms with E-state index in [0.717, 1.165) is 0 Å². The highest BCUT2D eigenvalue weighted by Gasteiger charge is 2.13. The second kappa shape index (κ2) is 8.43. The molecule has 0 bridgehead atoms. The van der Waals surface area contributed by atoms with Crippen molar-refractivity contribution < 1.29 is 29.4 Å². The zero-order valence-corrected chi connectivity index (χ0v) is 13.6. The van der Waals surface area contributed by atoms with Crippen LogP contribution in [0.4, 0.5) is 0 Å². The van der Waals surface area contributed by atoms with Gasteiger partial charge in [-0.05, 0) is 35.4 Å². The van der Waals surface area contributed by atoms with Crippen LogP contribution in [0.15, 0.2) is 48.5 Å². The van der Waals surface area contributed by atoms with Gasteiger partial charge in [-0.15, -0.1) is 0 Å². The van der Waals surface area contributed by atoms with E-state index < -0.39 is 23.8 Å². The molecule has 8 heteroatoms. The van der Waals surface area contributed by atoms with Crippen molar-refractivity contribution in [3.8, 4) is 0 Å². The van der Waals surface area contributed by atoms with Crippen LogP contribution in [0, 0.1) is 0 Å². The smallest absolute Gasteiger partial charge is 0.335 e. The molecule has 134 valence electrons. The number of carboxylic acid groups (broad SMARTS) is 2. The van der Waals surface area contributed by atoms with E-state index in [4.69, 9.17) is 10.2 Å². The lowest BCUT2D eigenvalue weighted by Crippen LogP contribution is -2.39. The Labute approximate surface area is 148 Å². The van der Waals surface area contributed by atoms with Gasteiger partial charge in [-0.2, -0.15) is 0 Å². The molecule has 8 nitrogen and oxygen atoms in total. The minimum atomic E-state index is -1.05. The van der Waals surface area contributed by atoms with Crippen LogP contribution in [0.5, 0.6) is 0 Å². The Morgan fingerprint density at radius 1 is 0.615 bits per heavy atom. The third-order valence-corrected chi connectivity index (χ3v) is 3.51. The van der Waals surface area contributed by atoms with Crippen LogP contribution < -0.4 is 10.6 Å². The summed E-state index contributed by atoms with van der Waals surface area (Å²) in [6, 6.07) is 11.8. The van der Waals surface area contributed by atoms with Crippen molar-refractivity contribution >= 4 is 23.8 Å². The van der Waals surface area contributed by atoms with E-state index in [0.29, 0.717) is 11.1 Å². The van der Waals surface area contributed by atoms with E-state index in [2.05, 4.69) is 10.6 Å². The average Bonchev–Trinajstić information content (AvgIpc) is 2.64. The van der Waals surface area contributed by atoms with Crippen molar-refractivity contribution in [2.75, 3.05) is 0 Å². The maximum Gasteiger partial charge on any atom is 0.335 e. The predicted octanol–water partition coefficient (Wildman–Crippen LogP) is 1.02. The topological polar surface area (TPSA) is 133 Å². The first-order valence-corrected chi connectivity index (χ1v) is 7.57. The van der Waals surface area contributed by atoms with Crippen LogP contribution >= 0.6 is 0 Å². The Morgan fingerprint density at radius 2 is 0.923 bits per heavy atom. The van der Waals surface area contributed by atoms with Crippen molar-refractivity contribution in [2.24, 2.45) is 0 Å². The van der Waals surface area contributed by atoms with E-state index in [1.54, 1.807) is 24.3 Å². The summed E-state index contributed by atoms with van der Waals surface area (Å²) in [5.74, 6) is -3.74. The number of carbonyl (C=O) groups is 4. The maximum absolute atomic E-state index is 11.8. The van der Waals surface area contributed by atoms with Gasteiger partial charge < -0.3 is 20.8 Å². The first-order chi connectivity index (χ1) is 12.4. The van der Waals surface area contributed by atoms with Gasteiger partial charge in [0, 0.05) is 13.1 Å². The normalized spacial score (nSPS) is 10.0. The number of carbonyl (C=O) groups excluding carboxylic acids is 2. The summed E-state index contributed by atoms with van der Waals surface area (Å²) in [4.78, 5) is 45.0. The molecule has 0 aliphatic rings. The molecule has 0 fully saturated rings. The molecule has 0 spiro atoms. The standard InChI is InChI=1S/C18H16N2O6/c21-15(19-9-11-1-5-13(6-2-11)17(23)24)16(22)20-10-12-3-7-14(8-4-12)18(25)26/h1-8H,9-10H2,(H,19,21)(H,20,22)(H,23,24)(H,25,26). The van der Waals surface area contributed by atoms with E-state index in [1.165, 1.54) is 24.3 Å². The monoisotopic (exact) mass is 356 g/mol. The van der Waals surface area contributed by atoms with Gasteiger partial charge in [0.1, 0.15) is 0 Å². The molecule has 0 atom stereocenters. The van der Waals surface area contributed by atoms with Crippen LogP contribution in [0.2, 0.25) is 0 Å². The molecule has 0 aliphatic heterocycles. The van der Waals surface area contributed by atoms with Crippen LogP contribution in [-0.2, 0) is 22.7 Å². The van der Waals surface area contributed by atoms with Gasteiger partial charge in [0.2, 0.25) is 0 Å². The van der Waals surface area contributed by atoms with Crippen LogP contribution in [0.25, 0.3) is 0 Å². The Balaban J connectivity index is 1.80. The van der Waals surface area contributed by atoms with E-state index in [9.17, 15) is 19.2 Å². The van der Waals surface area contributed by atoms with E-state index in [1.807, 2.05) is 0 Å². The van der Waals surface area contributed by atoms with E-state index in [-0.39, 0.29) is 24.2 Å². The summed E-state index contributed by atoms with van der Waals surface area (Å²) < 4.78 is 0. The highest BCUT2D eigenvalue weighted by atomic mass is 16.4. The molecule has 0 saturated heterocycles. The number of nitrogens with one attached hydrogen (secondary N) is 2. The Bertz CT molecular complexity index is 756. The lowest BCUT2D eigenvalue weighted by molar-refractivity contribution is -0.139. The Hall–Kier alpha value is -3.68. The summed E-state index contributed by atoms with van der Waals surface area (Å²) in [5, 5.41) is 22.5. The Kier molecular flexibility index (Phi) is 6.05. The molecule has 0 saturated carbocycles. The zero-order valence-electron chi connectivity index (χ0n) is 13.6. The molecule has 0 heterocycles. The zero-order chi connectivity index (χ0) is 19.1. The highest BCUT2D eigenvalue weighted by Crippen LogP contribution is 2.05. The van der Waals surface area contributed by atoms with Crippen LogP contribution in [0.3, 0.4) is 0 Å². The second-order valence-corrected chi connectivity index (χ2v) is 5.37. The third-order valence-electron chi connectivity index (χ3n) is 3.51. The molecule has 2 rings (SSSR count). The van der Waals surface area contributed by atoms with Crippen molar-refractivity contribution in [3.05, 3.63) is 70.8 Å². The second-order valence-electron chi connectivity index (χ2n) is 5.37. The Morgan fingerprint density at radius 3 is 1.19 bits per heavy atom. The van der Waals surface area contributed by atoms with Crippen LogP contribution in [0.1, 0.15) is 31.8 Å². The summed E-state index contributed by atoms with van der Waals surface area (Å²) in [7, 11) is 0. The quantitative estimate of drug-likeness (QED) is 0.571. The van der Waals surface area contributed by atoms with Gasteiger partial charge in [0.05, 0.1) is 11.1 Å². The molecule has 0 aliphatic carbocycles. The van der Waals surface area contributed by atoms with Crippen molar-refractivity contribution in [1.82, 2.24) is 10.6 Å². The largest absolute Gasteiger partial charge is 0.478 e. The number of hydrogen-bond acceptors (Lipinski definition) is 4. The molecular weight excluding hydrogens is 340 g/mol. The van der Waals surface area contributed by atoms with Crippen LogP contribution in [-0.4, -0.2) is 34.0 Å². The number of hydrogen-bond donors (Lipinski definition) is 4. The maximum atomic E-state index is 11.8. The highest BCUT2D eigenvalue weighted by molar-refractivity contribution is 6.35. The van der Waals surface area contributed by atoms with Gasteiger partial charge in [-0.1, -0.05) is 24.3 Å². The van der Waals surface area contributed by atoms with Gasteiger partial charge in [-0.25, -0.2) is 9.59 Å². The molecule has 2 amide bonds. The first kappa shape index (κ1) is 18.7. The molecule has 26 heavy (non-hydrogen) atoms. The number of benzene rings is 2. The average molecular weight is 356 g/mol. The van der Waals surface area contributed by atoms with Gasteiger partial charge in [-0.3, -0.25) is 9.59 Å². The molecular formula is C18H16N2O6. The lowest BCUT2D eigenvalue weighted by Gasteiger charge is -2.07. The molecule has 0 aromatic heterocycles. The fraction of sp³-hybridized carbons (Fsp3) is 0.111. The lowest BCUT2D eigenvalue weighted by atomic mass is 10.1. The minimum Gasteiger partial charge on any atom is -0.478 e. The van der Waals surface area contributed by atoms with E-state index >= 15 is 0 Å². The summed E-state index contributed by atoms with van der Waals surface area (Å²) in [6.45, 7) is 0.166. The summed E-state index contributed by atoms with van der Waals surface area (Å²) in [5.41, 5.74) is 1.57. The fourth-order valence-corrected chi connectivity index (χ4v) is 2.06. The molecule has 2 aromatic rings. The predicted molar refractivity (Wildman–Crippen MR) is 90.5 cm³/mol. The number of rotatable bonds is 6. The minimum absolute atomic E-state index is 0.0828. The number of carboxylic acids is 2. The van der Waals surface area contributed by atoms with Crippen molar-refractivity contribution in [2.45, 2.75) is 13.1 Å². The molecule has 0 unspecified atom stereocenters. The van der Waals surface area contributed by atoms with Gasteiger partial charge >= 0.3 is 23.8 Å². The molecule has 0 radical (unpaired) electrons. The van der Waals surface area contributed by atoms with Crippen molar-refractivity contribution in [3.63, 3.8) is 0 Å².